The fourth-order valence-corrected chi connectivity index (χ4v) is 6.66. The molecule has 0 radical (unpaired) electrons. The first-order valence-electron chi connectivity index (χ1n) is 9.08. The number of sulfonamides is 2. The van der Waals surface area contributed by atoms with Gasteiger partial charge in [-0.3, -0.25) is 0 Å². The van der Waals surface area contributed by atoms with Crippen LogP contribution in [0.25, 0.3) is 0 Å². The minimum Gasteiger partial charge on any atom is -0.398 e. The number of anilines is 1. The van der Waals surface area contributed by atoms with Crippen molar-refractivity contribution in [1.82, 2.24) is 9.21 Å². The maximum absolute atomic E-state index is 13.3. The van der Waals surface area contributed by atoms with Gasteiger partial charge in [-0.15, -0.1) is 4.40 Å². The van der Waals surface area contributed by atoms with Crippen LogP contribution in [0.15, 0.2) is 26.3 Å². The first-order chi connectivity index (χ1) is 13.0. The van der Waals surface area contributed by atoms with Crippen LogP contribution >= 0.6 is 11.6 Å². The molecule has 1 fully saturated rings. The Hall–Kier alpha value is -1.36. The lowest BCUT2D eigenvalue weighted by molar-refractivity contribution is 0.261. The van der Waals surface area contributed by atoms with E-state index in [1.54, 1.807) is 21.0 Å². The van der Waals surface area contributed by atoms with E-state index < -0.39 is 20.0 Å². The van der Waals surface area contributed by atoms with Gasteiger partial charge in [0, 0.05) is 26.7 Å². The molecular weight excluding hydrogens is 424 g/mol. The van der Waals surface area contributed by atoms with Crippen LogP contribution in [0.1, 0.15) is 39.0 Å². The topological polar surface area (TPSA) is 113 Å². The number of halogens is 1. The van der Waals surface area contributed by atoms with Gasteiger partial charge >= 0.3 is 0 Å². The summed E-state index contributed by atoms with van der Waals surface area (Å²) in [6.07, 6.45) is 5.68. The van der Waals surface area contributed by atoms with E-state index >= 15 is 0 Å². The van der Waals surface area contributed by atoms with Gasteiger partial charge in [-0.05, 0) is 25.0 Å². The predicted molar refractivity (Wildman–Crippen MR) is 112 cm³/mol. The molecule has 28 heavy (non-hydrogen) atoms. The number of hydrogen-bond acceptors (Lipinski definition) is 5. The van der Waals surface area contributed by atoms with Crippen LogP contribution in [0.2, 0.25) is 5.02 Å². The van der Waals surface area contributed by atoms with Crippen LogP contribution in [0.4, 0.5) is 5.69 Å². The third-order valence-electron chi connectivity index (χ3n) is 4.64. The second-order valence-corrected chi connectivity index (χ2v) is 10.8. The lowest BCUT2D eigenvalue weighted by Gasteiger charge is -2.33. The molecule has 158 valence electrons. The predicted octanol–water partition coefficient (Wildman–Crippen LogP) is 2.54. The molecule has 0 spiro atoms. The van der Waals surface area contributed by atoms with Crippen molar-refractivity contribution in [2.75, 3.05) is 26.4 Å². The minimum absolute atomic E-state index is 0.0881. The molecule has 0 aliphatic heterocycles. The number of rotatable bonds is 7. The third kappa shape index (κ3) is 4.97. The van der Waals surface area contributed by atoms with E-state index in [2.05, 4.69) is 4.40 Å². The first-order valence-corrected chi connectivity index (χ1v) is 12.3. The molecule has 0 saturated heterocycles. The van der Waals surface area contributed by atoms with Gasteiger partial charge in [0.25, 0.3) is 10.0 Å². The standard InChI is InChI=1S/C17H27ClN4O4S2/c1-4-22(13-8-6-5-7-9-13)28(25,26)17-11-16(14(18)10-15(17)19)27(23,24)20-12-21(2)3/h10-13H,4-9,19H2,1-3H3/b20-12+. The number of nitrogens with two attached hydrogens (primary N) is 1. The molecule has 2 N–H and O–H groups in total. The highest BCUT2D eigenvalue weighted by molar-refractivity contribution is 7.90. The van der Waals surface area contributed by atoms with Crippen molar-refractivity contribution in [2.24, 2.45) is 4.40 Å². The second kappa shape index (κ2) is 8.98. The molecule has 8 nitrogen and oxygen atoms in total. The molecule has 1 aliphatic carbocycles. The lowest BCUT2D eigenvalue weighted by atomic mass is 9.95. The highest BCUT2D eigenvalue weighted by Crippen LogP contribution is 2.34. The molecule has 1 saturated carbocycles. The van der Waals surface area contributed by atoms with Crippen LogP contribution < -0.4 is 5.73 Å². The first kappa shape index (κ1) is 22.9. The van der Waals surface area contributed by atoms with E-state index in [1.807, 2.05) is 0 Å². The fourth-order valence-electron chi connectivity index (χ4n) is 3.30. The summed E-state index contributed by atoms with van der Waals surface area (Å²) in [5.41, 5.74) is 5.84. The summed E-state index contributed by atoms with van der Waals surface area (Å²) in [7, 11) is -4.95. The average molecular weight is 451 g/mol. The number of hydrogen-bond donors (Lipinski definition) is 1. The quantitative estimate of drug-likeness (QED) is 0.388. The Morgan fingerprint density at radius 2 is 1.75 bits per heavy atom. The van der Waals surface area contributed by atoms with Gasteiger partial charge in [0.1, 0.15) is 16.1 Å². The van der Waals surface area contributed by atoms with Gasteiger partial charge in [-0.25, -0.2) is 8.42 Å². The largest absolute Gasteiger partial charge is 0.398 e. The van der Waals surface area contributed by atoms with Gasteiger partial charge in [0.15, 0.2) is 0 Å². The molecular formula is C17H27ClN4O4S2. The smallest absolute Gasteiger partial charge is 0.285 e. The summed E-state index contributed by atoms with van der Waals surface area (Å²) >= 11 is 6.06. The van der Waals surface area contributed by atoms with Crippen molar-refractivity contribution < 1.29 is 16.8 Å². The number of nitrogen functional groups attached to an aromatic ring is 1. The molecule has 1 aromatic rings. The zero-order valence-electron chi connectivity index (χ0n) is 16.3. The molecule has 0 aromatic heterocycles. The summed E-state index contributed by atoms with van der Waals surface area (Å²) < 4.78 is 56.6. The van der Waals surface area contributed by atoms with Gasteiger partial charge in [0.05, 0.1) is 10.7 Å². The Balaban J connectivity index is 2.55. The van der Waals surface area contributed by atoms with Crippen LogP contribution in [-0.4, -0.2) is 59.1 Å². The molecule has 2 rings (SSSR count). The van der Waals surface area contributed by atoms with Gasteiger partial charge in [-0.2, -0.15) is 12.7 Å². The summed E-state index contributed by atoms with van der Waals surface area (Å²) in [6, 6.07) is 2.05. The van der Waals surface area contributed by atoms with Crippen molar-refractivity contribution in [3.8, 4) is 0 Å². The second-order valence-electron chi connectivity index (χ2n) is 6.98. The van der Waals surface area contributed by atoms with Crippen LogP contribution in [0, 0.1) is 0 Å². The summed E-state index contributed by atoms with van der Waals surface area (Å²) in [5.74, 6) is 0. The highest BCUT2D eigenvalue weighted by Gasteiger charge is 2.34. The average Bonchev–Trinajstić information content (AvgIpc) is 2.61. The summed E-state index contributed by atoms with van der Waals surface area (Å²) in [5, 5.41) is -0.173. The zero-order chi connectivity index (χ0) is 21.1. The Morgan fingerprint density at radius 3 is 2.29 bits per heavy atom. The molecule has 0 unspecified atom stereocenters. The van der Waals surface area contributed by atoms with Crippen LogP contribution in [0.5, 0.6) is 0 Å². The van der Waals surface area contributed by atoms with Crippen molar-refractivity contribution in [3.63, 3.8) is 0 Å². The van der Waals surface area contributed by atoms with Crippen LogP contribution in [0.3, 0.4) is 0 Å². The van der Waals surface area contributed by atoms with E-state index in [1.165, 1.54) is 9.21 Å². The molecule has 1 aliphatic rings. The normalized spacial score (nSPS) is 16.8. The van der Waals surface area contributed by atoms with Crippen molar-refractivity contribution >= 4 is 43.7 Å². The fraction of sp³-hybridized carbons (Fsp3) is 0.588. The Labute approximate surface area is 172 Å². The van der Waals surface area contributed by atoms with E-state index in [9.17, 15) is 16.8 Å². The van der Waals surface area contributed by atoms with E-state index in [4.69, 9.17) is 17.3 Å². The van der Waals surface area contributed by atoms with E-state index in [-0.39, 0.29) is 33.1 Å². The molecule has 1 aromatic carbocycles. The maximum Gasteiger partial charge on any atom is 0.285 e. The molecule has 0 heterocycles. The minimum atomic E-state index is -4.19. The summed E-state index contributed by atoms with van der Waals surface area (Å²) in [6.45, 7) is 2.03. The monoisotopic (exact) mass is 450 g/mol. The van der Waals surface area contributed by atoms with Crippen LogP contribution in [-0.2, 0) is 20.0 Å². The van der Waals surface area contributed by atoms with E-state index in [0.29, 0.717) is 0 Å². The Morgan fingerprint density at radius 1 is 1.14 bits per heavy atom. The maximum atomic E-state index is 13.3. The van der Waals surface area contributed by atoms with Crippen molar-refractivity contribution in [3.05, 3.63) is 17.2 Å². The molecule has 0 atom stereocenters. The highest BCUT2D eigenvalue weighted by atomic mass is 35.5. The van der Waals surface area contributed by atoms with Crippen molar-refractivity contribution in [1.29, 1.82) is 0 Å². The van der Waals surface area contributed by atoms with Gasteiger partial charge in [-0.1, -0.05) is 37.8 Å². The third-order valence-corrected chi connectivity index (χ3v) is 8.41. The lowest BCUT2D eigenvalue weighted by Crippen LogP contribution is -2.41. The van der Waals surface area contributed by atoms with Crippen molar-refractivity contribution in [2.45, 2.75) is 54.9 Å². The SMILES string of the molecule is CCN(C1CCCCC1)S(=O)(=O)c1cc(S(=O)(=O)/N=C/N(C)C)c(Cl)cc1N. The summed E-state index contributed by atoms with van der Waals surface area (Å²) in [4.78, 5) is 0.796. The molecule has 11 heteroatoms. The molecule has 0 amide bonds. The van der Waals surface area contributed by atoms with E-state index in [0.717, 1.165) is 50.6 Å². The van der Waals surface area contributed by atoms with Gasteiger partial charge < -0.3 is 10.6 Å². The zero-order valence-corrected chi connectivity index (χ0v) is 18.7. The van der Waals surface area contributed by atoms with Gasteiger partial charge in [0.2, 0.25) is 10.0 Å². The molecule has 0 bridgehead atoms. The number of benzene rings is 1. The number of nitrogens with zero attached hydrogens (tertiary/aromatic N) is 3. The Kier molecular flexibility index (Phi) is 7.35. The Bertz CT molecular complexity index is 940.